The molecule has 1 rings (SSSR count). The Morgan fingerprint density at radius 2 is 2.33 bits per heavy atom. The van der Waals surface area contributed by atoms with Crippen LogP contribution in [0.2, 0.25) is 0 Å². The van der Waals surface area contributed by atoms with Gasteiger partial charge in [-0.1, -0.05) is 13.8 Å². The van der Waals surface area contributed by atoms with Crippen LogP contribution < -0.4 is 11.1 Å². The lowest BCUT2D eigenvalue weighted by Gasteiger charge is -2.22. The van der Waals surface area contributed by atoms with E-state index in [1.165, 1.54) is 0 Å². The molecule has 84 valence electrons. The van der Waals surface area contributed by atoms with Crippen LogP contribution in [0.15, 0.2) is 18.3 Å². The van der Waals surface area contributed by atoms with Crippen LogP contribution in [0, 0.1) is 5.41 Å². The number of nitrogens with one attached hydrogen (secondary N) is 2. The second-order valence-corrected chi connectivity index (χ2v) is 4.30. The summed E-state index contributed by atoms with van der Waals surface area (Å²) >= 11 is 0. The van der Waals surface area contributed by atoms with Gasteiger partial charge in [0.2, 0.25) is 5.91 Å². The van der Waals surface area contributed by atoms with Crippen molar-refractivity contribution >= 4 is 5.91 Å². The number of amides is 1. The fourth-order valence-electron chi connectivity index (χ4n) is 1.37. The number of rotatable bonds is 5. The molecule has 4 heteroatoms. The summed E-state index contributed by atoms with van der Waals surface area (Å²) in [5.41, 5.74) is 6.08. The van der Waals surface area contributed by atoms with Crippen LogP contribution >= 0.6 is 0 Å². The Morgan fingerprint density at radius 1 is 1.60 bits per heavy atom. The molecule has 1 amide bonds. The number of hydrogen-bond donors (Lipinski definition) is 3. The van der Waals surface area contributed by atoms with E-state index in [-0.39, 0.29) is 11.3 Å². The van der Waals surface area contributed by atoms with Crippen LogP contribution in [0.4, 0.5) is 0 Å². The summed E-state index contributed by atoms with van der Waals surface area (Å²) in [4.78, 5) is 14.8. The molecular formula is C11H19N3O. The average Bonchev–Trinajstić information content (AvgIpc) is 2.66. The molecule has 0 aliphatic heterocycles. The van der Waals surface area contributed by atoms with Crippen LogP contribution in [0.3, 0.4) is 0 Å². The van der Waals surface area contributed by atoms with Crippen LogP contribution in [0.25, 0.3) is 0 Å². The number of aromatic amines is 1. The lowest BCUT2D eigenvalue weighted by Crippen LogP contribution is -2.37. The zero-order chi connectivity index (χ0) is 11.3. The highest BCUT2D eigenvalue weighted by Crippen LogP contribution is 2.19. The van der Waals surface area contributed by atoms with Crippen LogP contribution in [0.1, 0.15) is 26.0 Å². The maximum atomic E-state index is 11.8. The molecule has 0 saturated heterocycles. The van der Waals surface area contributed by atoms with Crippen LogP contribution in [0.5, 0.6) is 0 Å². The van der Waals surface area contributed by atoms with Crippen molar-refractivity contribution in [3.63, 3.8) is 0 Å². The summed E-state index contributed by atoms with van der Waals surface area (Å²) in [7, 11) is 0. The molecule has 0 bridgehead atoms. The van der Waals surface area contributed by atoms with Crippen molar-refractivity contribution in [1.82, 2.24) is 10.3 Å². The first kappa shape index (κ1) is 11.8. The average molecular weight is 209 g/mol. The highest BCUT2D eigenvalue weighted by Gasteiger charge is 2.26. The lowest BCUT2D eigenvalue weighted by atomic mass is 9.88. The minimum atomic E-state index is -0.388. The van der Waals surface area contributed by atoms with E-state index in [1.54, 1.807) is 0 Å². The number of H-pyrrole nitrogens is 1. The number of nitrogens with two attached hydrogens (primary N) is 1. The van der Waals surface area contributed by atoms with Gasteiger partial charge in [0.1, 0.15) is 0 Å². The molecule has 4 N–H and O–H groups in total. The highest BCUT2D eigenvalue weighted by molar-refractivity contribution is 5.81. The van der Waals surface area contributed by atoms with Gasteiger partial charge in [0.05, 0.1) is 6.54 Å². The van der Waals surface area contributed by atoms with E-state index in [2.05, 4.69) is 10.3 Å². The Balaban J connectivity index is 2.42. The predicted molar refractivity (Wildman–Crippen MR) is 60.1 cm³/mol. The van der Waals surface area contributed by atoms with Crippen molar-refractivity contribution in [2.24, 2.45) is 11.1 Å². The molecule has 0 saturated carbocycles. The van der Waals surface area contributed by atoms with E-state index in [0.717, 1.165) is 5.69 Å². The first-order valence-electron chi connectivity index (χ1n) is 5.17. The summed E-state index contributed by atoms with van der Waals surface area (Å²) in [6.07, 6.45) is 2.54. The van der Waals surface area contributed by atoms with Gasteiger partial charge >= 0.3 is 0 Å². The molecule has 1 heterocycles. The summed E-state index contributed by atoms with van der Waals surface area (Å²) in [5.74, 6) is 0.0440. The molecule has 0 radical (unpaired) electrons. The lowest BCUT2D eigenvalue weighted by molar-refractivity contribution is -0.129. The van der Waals surface area contributed by atoms with Crippen molar-refractivity contribution in [3.05, 3.63) is 24.0 Å². The third kappa shape index (κ3) is 3.40. The quantitative estimate of drug-likeness (QED) is 0.677. The Kier molecular flexibility index (Phi) is 3.91. The fourth-order valence-corrected chi connectivity index (χ4v) is 1.37. The van der Waals surface area contributed by atoms with E-state index in [9.17, 15) is 4.79 Å². The molecule has 15 heavy (non-hydrogen) atoms. The summed E-state index contributed by atoms with van der Waals surface area (Å²) in [6, 6.07) is 3.85. The maximum Gasteiger partial charge on any atom is 0.226 e. The van der Waals surface area contributed by atoms with E-state index in [0.29, 0.717) is 19.5 Å². The Labute approximate surface area is 90.2 Å². The van der Waals surface area contributed by atoms with E-state index < -0.39 is 0 Å². The molecular weight excluding hydrogens is 190 g/mol. The number of aromatic nitrogens is 1. The fraction of sp³-hybridized carbons (Fsp3) is 0.545. The molecule has 0 atom stereocenters. The summed E-state index contributed by atoms with van der Waals surface area (Å²) < 4.78 is 0. The summed E-state index contributed by atoms with van der Waals surface area (Å²) in [5, 5.41) is 2.88. The van der Waals surface area contributed by atoms with Crippen molar-refractivity contribution in [3.8, 4) is 0 Å². The van der Waals surface area contributed by atoms with Gasteiger partial charge in [-0.3, -0.25) is 4.79 Å². The third-order valence-electron chi connectivity index (χ3n) is 2.49. The van der Waals surface area contributed by atoms with Crippen molar-refractivity contribution in [1.29, 1.82) is 0 Å². The molecule has 0 spiro atoms. The van der Waals surface area contributed by atoms with Gasteiger partial charge in [-0.25, -0.2) is 0 Å². The Morgan fingerprint density at radius 3 is 2.87 bits per heavy atom. The first-order chi connectivity index (χ1) is 7.06. The van der Waals surface area contributed by atoms with E-state index in [4.69, 9.17) is 5.73 Å². The zero-order valence-electron chi connectivity index (χ0n) is 9.34. The van der Waals surface area contributed by atoms with Crippen molar-refractivity contribution in [2.45, 2.75) is 26.8 Å². The second-order valence-electron chi connectivity index (χ2n) is 4.30. The van der Waals surface area contributed by atoms with Gasteiger partial charge in [0.25, 0.3) is 0 Å². The minimum absolute atomic E-state index is 0.0440. The molecule has 0 fully saturated rings. The van der Waals surface area contributed by atoms with Gasteiger partial charge in [-0.2, -0.15) is 0 Å². The topological polar surface area (TPSA) is 70.9 Å². The van der Waals surface area contributed by atoms with Gasteiger partial charge < -0.3 is 16.0 Å². The van der Waals surface area contributed by atoms with Crippen LogP contribution in [-0.4, -0.2) is 17.4 Å². The SMILES string of the molecule is CC(C)(CCN)C(=O)NCc1ccc[nH]1. The predicted octanol–water partition coefficient (Wildman–Crippen LogP) is 1.01. The van der Waals surface area contributed by atoms with Crippen LogP contribution in [-0.2, 0) is 11.3 Å². The van der Waals surface area contributed by atoms with E-state index >= 15 is 0 Å². The maximum absolute atomic E-state index is 11.8. The third-order valence-corrected chi connectivity index (χ3v) is 2.49. The monoisotopic (exact) mass is 209 g/mol. The molecule has 0 aliphatic rings. The van der Waals surface area contributed by atoms with E-state index in [1.807, 2.05) is 32.2 Å². The van der Waals surface area contributed by atoms with Crippen molar-refractivity contribution in [2.75, 3.05) is 6.54 Å². The van der Waals surface area contributed by atoms with Gasteiger partial charge in [-0.05, 0) is 25.1 Å². The Hall–Kier alpha value is -1.29. The van der Waals surface area contributed by atoms with Crippen molar-refractivity contribution < 1.29 is 4.79 Å². The largest absolute Gasteiger partial charge is 0.364 e. The highest BCUT2D eigenvalue weighted by atomic mass is 16.2. The standard InChI is InChI=1S/C11H19N3O/c1-11(2,5-6-12)10(15)14-8-9-4-3-7-13-9/h3-4,7,13H,5-6,8,12H2,1-2H3,(H,14,15). The molecule has 0 unspecified atom stereocenters. The van der Waals surface area contributed by atoms with Gasteiger partial charge in [-0.15, -0.1) is 0 Å². The molecule has 1 aromatic heterocycles. The molecule has 1 aromatic rings. The van der Waals surface area contributed by atoms with Gasteiger partial charge in [0.15, 0.2) is 0 Å². The Bertz CT molecular complexity index is 304. The minimum Gasteiger partial charge on any atom is -0.364 e. The molecule has 0 aromatic carbocycles. The number of carbonyl (C=O) groups excluding carboxylic acids is 1. The number of hydrogen-bond acceptors (Lipinski definition) is 2. The second kappa shape index (κ2) is 4.98. The normalized spacial score (nSPS) is 11.4. The number of carbonyl (C=O) groups is 1. The van der Waals surface area contributed by atoms with Gasteiger partial charge in [0, 0.05) is 17.3 Å². The molecule has 0 aliphatic carbocycles. The molecule has 4 nitrogen and oxygen atoms in total. The first-order valence-corrected chi connectivity index (χ1v) is 5.17. The summed E-state index contributed by atoms with van der Waals surface area (Å²) in [6.45, 7) is 4.89. The zero-order valence-corrected chi connectivity index (χ0v) is 9.34. The smallest absolute Gasteiger partial charge is 0.226 e.